The van der Waals surface area contributed by atoms with Crippen molar-refractivity contribution in [3.05, 3.63) is 24.0 Å². The van der Waals surface area contributed by atoms with Crippen LogP contribution in [0.2, 0.25) is 0 Å². The average Bonchev–Trinajstić information content (AvgIpc) is 2.78. The number of nitrogens with one attached hydrogen (secondary N) is 1. The summed E-state index contributed by atoms with van der Waals surface area (Å²) >= 11 is 0. The Hall–Kier alpha value is -1.66. The van der Waals surface area contributed by atoms with Gasteiger partial charge in [-0.2, -0.15) is 0 Å². The fourth-order valence-corrected chi connectivity index (χ4v) is 1.81. The number of methoxy groups -OCH3 is 1. The van der Waals surface area contributed by atoms with Gasteiger partial charge in [0.15, 0.2) is 11.6 Å². The maximum absolute atomic E-state index is 13.2. The van der Waals surface area contributed by atoms with Crippen LogP contribution in [0, 0.1) is 11.7 Å². The van der Waals surface area contributed by atoms with E-state index >= 15 is 0 Å². The fraction of sp³-hybridized carbons (Fsp3) is 0.417. The summed E-state index contributed by atoms with van der Waals surface area (Å²) in [4.78, 5) is 11.9. The van der Waals surface area contributed by atoms with Crippen molar-refractivity contribution in [3.63, 3.8) is 0 Å². The molecule has 1 aliphatic heterocycles. The minimum Gasteiger partial charge on any atom is -0.494 e. The van der Waals surface area contributed by atoms with Crippen molar-refractivity contribution >= 4 is 11.6 Å². The fourth-order valence-electron chi connectivity index (χ4n) is 1.81. The molecule has 2 atom stereocenters. The zero-order valence-corrected chi connectivity index (χ0v) is 9.98. The van der Waals surface area contributed by atoms with Gasteiger partial charge >= 0.3 is 0 Å². The molecule has 1 amide bonds. The van der Waals surface area contributed by atoms with Crippen LogP contribution in [0.4, 0.5) is 10.1 Å². The zero-order chi connectivity index (χ0) is 13.1. The van der Waals surface area contributed by atoms with Gasteiger partial charge in [-0.1, -0.05) is 0 Å². The smallest absolute Gasteiger partial charge is 0.231 e. The zero-order valence-electron chi connectivity index (χ0n) is 9.98. The predicted octanol–water partition coefficient (Wildman–Crippen LogP) is 0.746. The van der Waals surface area contributed by atoms with Gasteiger partial charge in [-0.3, -0.25) is 4.79 Å². The molecular formula is C12H15FN2O3. The highest BCUT2D eigenvalue weighted by atomic mass is 19.1. The van der Waals surface area contributed by atoms with Crippen molar-refractivity contribution in [2.75, 3.05) is 25.6 Å². The number of carbonyl (C=O) groups excluding carboxylic acids is 1. The predicted molar refractivity (Wildman–Crippen MR) is 63.9 cm³/mol. The summed E-state index contributed by atoms with van der Waals surface area (Å²) in [6.07, 6.45) is 0. The van der Waals surface area contributed by atoms with Gasteiger partial charge in [-0.15, -0.1) is 0 Å². The number of rotatable bonds is 3. The topological polar surface area (TPSA) is 73.6 Å². The van der Waals surface area contributed by atoms with Crippen molar-refractivity contribution in [3.8, 4) is 5.75 Å². The summed E-state index contributed by atoms with van der Waals surface area (Å²) in [6.45, 7) is 0.691. The van der Waals surface area contributed by atoms with Gasteiger partial charge in [0.1, 0.15) is 0 Å². The van der Waals surface area contributed by atoms with Crippen LogP contribution in [0.3, 0.4) is 0 Å². The molecule has 0 bridgehead atoms. The van der Waals surface area contributed by atoms with Crippen molar-refractivity contribution in [2.24, 2.45) is 11.7 Å². The summed E-state index contributed by atoms with van der Waals surface area (Å²) in [6, 6.07) is 3.83. The molecule has 2 unspecified atom stereocenters. The molecule has 5 nitrogen and oxygen atoms in total. The van der Waals surface area contributed by atoms with E-state index in [9.17, 15) is 9.18 Å². The third-order valence-electron chi connectivity index (χ3n) is 2.88. The van der Waals surface area contributed by atoms with Crippen LogP contribution >= 0.6 is 0 Å². The van der Waals surface area contributed by atoms with Crippen LogP contribution < -0.4 is 15.8 Å². The first-order valence-corrected chi connectivity index (χ1v) is 5.59. The molecule has 0 spiro atoms. The van der Waals surface area contributed by atoms with E-state index in [1.54, 1.807) is 0 Å². The van der Waals surface area contributed by atoms with E-state index in [-0.39, 0.29) is 23.6 Å². The van der Waals surface area contributed by atoms with E-state index < -0.39 is 5.82 Å². The Morgan fingerprint density at radius 2 is 2.33 bits per heavy atom. The molecular weight excluding hydrogens is 239 g/mol. The summed E-state index contributed by atoms with van der Waals surface area (Å²) in [5.41, 5.74) is 6.21. The molecule has 3 N–H and O–H groups in total. The maximum atomic E-state index is 13.2. The largest absolute Gasteiger partial charge is 0.494 e. The Balaban J connectivity index is 2.07. The first-order valence-electron chi connectivity index (χ1n) is 5.59. The van der Waals surface area contributed by atoms with Gasteiger partial charge in [0.05, 0.1) is 26.2 Å². The lowest BCUT2D eigenvalue weighted by molar-refractivity contribution is -0.120. The Morgan fingerprint density at radius 1 is 1.56 bits per heavy atom. The number of hydrogen-bond acceptors (Lipinski definition) is 4. The van der Waals surface area contributed by atoms with Crippen LogP contribution in [0.5, 0.6) is 5.75 Å². The van der Waals surface area contributed by atoms with Crippen LogP contribution in [0.1, 0.15) is 0 Å². The van der Waals surface area contributed by atoms with Crippen molar-refractivity contribution in [1.82, 2.24) is 0 Å². The monoisotopic (exact) mass is 254 g/mol. The molecule has 18 heavy (non-hydrogen) atoms. The van der Waals surface area contributed by atoms with Crippen molar-refractivity contribution < 1.29 is 18.7 Å². The molecule has 2 rings (SSSR count). The second kappa shape index (κ2) is 5.32. The summed E-state index contributed by atoms with van der Waals surface area (Å²) in [5.74, 6) is -0.995. The van der Waals surface area contributed by atoms with E-state index in [1.807, 2.05) is 0 Å². The Bertz CT molecular complexity index is 453. The molecule has 1 aromatic rings. The minimum absolute atomic E-state index is 0.0831. The van der Waals surface area contributed by atoms with E-state index in [0.29, 0.717) is 18.9 Å². The lowest BCUT2D eigenvalue weighted by Crippen LogP contribution is -2.37. The van der Waals surface area contributed by atoms with E-state index in [2.05, 4.69) is 5.32 Å². The molecule has 1 aromatic carbocycles. The summed E-state index contributed by atoms with van der Waals surface area (Å²) in [7, 11) is 1.37. The quantitative estimate of drug-likeness (QED) is 0.834. The molecule has 1 heterocycles. The SMILES string of the molecule is COc1cc(NC(=O)C2COCC2N)ccc1F. The number of amides is 1. The maximum Gasteiger partial charge on any atom is 0.231 e. The second-order valence-electron chi connectivity index (χ2n) is 4.15. The molecule has 0 aromatic heterocycles. The third kappa shape index (κ3) is 2.60. The lowest BCUT2D eigenvalue weighted by atomic mass is 10.0. The molecule has 98 valence electrons. The molecule has 1 saturated heterocycles. The number of halogens is 1. The number of anilines is 1. The van der Waals surface area contributed by atoms with Gasteiger partial charge in [0.25, 0.3) is 0 Å². The number of ether oxygens (including phenoxy) is 2. The summed E-state index contributed by atoms with van der Waals surface area (Å²) in [5, 5.41) is 2.67. The molecule has 0 saturated carbocycles. The van der Waals surface area contributed by atoms with Crippen LogP contribution in [-0.4, -0.2) is 32.3 Å². The summed E-state index contributed by atoms with van der Waals surface area (Å²) < 4.78 is 23.2. The minimum atomic E-state index is -0.476. The highest BCUT2D eigenvalue weighted by Gasteiger charge is 2.31. The molecule has 0 aliphatic carbocycles. The van der Waals surface area contributed by atoms with Gasteiger partial charge in [0.2, 0.25) is 5.91 Å². The van der Waals surface area contributed by atoms with Gasteiger partial charge in [0, 0.05) is 17.8 Å². The van der Waals surface area contributed by atoms with Crippen LogP contribution in [0.15, 0.2) is 18.2 Å². The first-order chi connectivity index (χ1) is 8.61. The Labute approximate surface area is 104 Å². The third-order valence-corrected chi connectivity index (χ3v) is 2.88. The van der Waals surface area contributed by atoms with Crippen molar-refractivity contribution in [2.45, 2.75) is 6.04 Å². The normalized spacial score (nSPS) is 22.8. The molecule has 1 aliphatic rings. The van der Waals surface area contributed by atoms with Crippen LogP contribution in [0.25, 0.3) is 0 Å². The number of nitrogens with two attached hydrogens (primary N) is 1. The average molecular weight is 254 g/mol. The molecule has 1 fully saturated rings. The van der Waals surface area contributed by atoms with E-state index in [4.69, 9.17) is 15.2 Å². The van der Waals surface area contributed by atoms with Crippen molar-refractivity contribution in [1.29, 1.82) is 0 Å². The first kappa shape index (κ1) is 12.8. The highest BCUT2D eigenvalue weighted by Crippen LogP contribution is 2.22. The lowest BCUT2D eigenvalue weighted by Gasteiger charge is -2.14. The van der Waals surface area contributed by atoms with E-state index in [1.165, 1.54) is 25.3 Å². The van der Waals surface area contributed by atoms with E-state index in [0.717, 1.165) is 0 Å². The molecule has 6 heteroatoms. The number of carbonyl (C=O) groups is 1. The highest BCUT2D eigenvalue weighted by molar-refractivity contribution is 5.93. The number of hydrogen-bond donors (Lipinski definition) is 2. The molecule has 0 radical (unpaired) electrons. The van der Waals surface area contributed by atoms with Gasteiger partial charge in [-0.05, 0) is 12.1 Å². The Kier molecular flexibility index (Phi) is 3.78. The second-order valence-corrected chi connectivity index (χ2v) is 4.15. The van der Waals surface area contributed by atoms with Gasteiger partial charge in [-0.25, -0.2) is 4.39 Å². The Morgan fingerprint density at radius 3 is 2.94 bits per heavy atom. The standard InChI is InChI=1S/C12H15FN2O3/c1-17-11-4-7(2-3-9(11)13)15-12(16)8-5-18-6-10(8)14/h2-4,8,10H,5-6,14H2,1H3,(H,15,16). The number of benzene rings is 1. The van der Waals surface area contributed by atoms with Crippen LogP contribution in [-0.2, 0) is 9.53 Å². The van der Waals surface area contributed by atoms with Gasteiger partial charge < -0.3 is 20.5 Å².